The summed E-state index contributed by atoms with van der Waals surface area (Å²) in [5.41, 5.74) is 8.94. The van der Waals surface area contributed by atoms with Crippen LogP contribution < -0.4 is 22.1 Å². The molecule has 0 aliphatic carbocycles. The Kier molecular flexibility index (Phi) is 7.43. The predicted molar refractivity (Wildman–Crippen MR) is 135 cm³/mol. The highest BCUT2D eigenvalue weighted by Gasteiger charge is 2.64. The topological polar surface area (TPSA) is 165 Å². The maximum absolute atomic E-state index is 13.5. The summed E-state index contributed by atoms with van der Waals surface area (Å²) in [6.07, 6.45) is 0. The first-order valence-corrected chi connectivity index (χ1v) is 11.2. The first-order chi connectivity index (χ1) is 17.1. The Morgan fingerprint density at radius 2 is 1.33 bits per heavy atom. The van der Waals surface area contributed by atoms with Crippen molar-refractivity contribution in [1.82, 2.24) is 5.32 Å². The van der Waals surface area contributed by atoms with Crippen molar-refractivity contribution in [1.29, 1.82) is 0 Å². The molecule has 186 valence electrons. The third-order valence-electron chi connectivity index (χ3n) is 6.32. The Morgan fingerprint density at radius 3 is 1.81 bits per heavy atom. The Labute approximate surface area is 208 Å². The smallest absolute Gasteiger partial charge is 0.335 e. The Morgan fingerprint density at radius 1 is 0.778 bits per heavy atom. The zero-order valence-electron chi connectivity index (χ0n) is 19.9. The normalized spacial score (nSPS) is 14.2. The highest BCUT2D eigenvalue weighted by Crippen LogP contribution is 2.48. The van der Waals surface area contributed by atoms with Gasteiger partial charge in [-0.2, -0.15) is 0 Å². The van der Waals surface area contributed by atoms with Crippen LogP contribution in [0, 0.1) is 5.92 Å². The van der Waals surface area contributed by atoms with Gasteiger partial charge in [-0.1, -0.05) is 80.6 Å². The van der Waals surface area contributed by atoms with E-state index in [1.165, 1.54) is 24.3 Å². The summed E-state index contributed by atoms with van der Waals surface area (Å²) in [5.74, 6) is -3.65. The van der Waals surface area contributed by atoms with E-state index in [0.29, 0.717) is 5.56 Å². The summed E-state index contributed by atoms with van der Waals surface area (Å²) >= 11 is 0. The number of hydrogen-bond acceptors (Lipinski definition) is 4. The molecule has 0 saturated heterocycles. The van der Waals surface area contributed by atoms with Gasteiger partial charge in [0.05, 0.1) is 5.56 Å². The lowest BCUT2D eigenvalue weighted by Gasteiger charge is -2.50. The number of rotatable bonds is 9. The molecule has 9 nitrogen and oxygen atoms in total. The van der Waals surface area contributed by atoms with Crippen LogP contribution in [0.4, 0.5) is 10.5 Å². The molecule has 0 aliphatic rings. The molecule has 0 aromatic heterocycles. The van der Waals surface area contributed by atoms with Crippen molar-refractivity contribution in [2.24, 2.45) is 17.4 Å². The van der Waals surface area contributed by atoms with Crippen LogP contribution in [-0.2, 0) is 20.5 Å². The molecule has 3 rings (SSSR count). The van der Waals surface area contributed by atoms with E-state index in [-0.39, 0.29) is 16.8 Å². The van der Waals surface area contributed by atoms with E-state index in [1.54, 1.807) is 74.5 Å². The molecule has 0 radical (unpaired) electrons. The van der Waals surface area contributed by atoms with Gasteiger partial charge < -0.3 is 27.2 Å². The maximum Gasteiger partial charge on any atom is 0.335 e. The monoisotopic (exact) mass is 488 g/mol. The van der Waals surface area contributed by atoms with E-state index in [0.717, 1.165) is 0 Å². The van der Waals surface area contributed by atoms with Crippen molar-refractivity contribution in [3.05, 3.63) is 102 Å². The minimum absolute atomic E-state index is 0.0463. The second-order valence-corrected chi connectivity index (χ2v) is 8.64. The highest BCUT2D eigenvalue weighted by molar-refractivity contribution is 6.04. The number of aromatic carboxylic acids is 1. The van der Waals surface area contributed by atoms with Gasteiger partial charge in [0, 0.05) is 5.69 Å². The number of carboxylic acid groups (broad SMARTS) is 1. The second-order valence-electron chi connectivity index (χ2n) is 8.64. The largest absolute Gasteiger partial charge is 0.478 e. The van der Waals surface area contributed by atoms with Gasteiger partial charge in [0.1, 0.15) is 5.41 Å². The van der Waals surface area contributed by atoms with E-state index < -0.39 is 40.7 Å². The van der Waals surface area contributed by atoms with Crippen LogP contribution in [0.3, 0.4) is 0 Å². The van der Waals surface area contributed by atoms with Crippen LogP contribution in [0.25, 0.3) is 0 Å². The molecule has 1 unspecified atom stereocenters. The molecule has 0 bridgehead atoms. The average molecular weight is 489 g/mol. The number of carbonyl (C=O) groups excluding carboxylic acids is 3. The van der Waals surface area contributed by atoms with Crippen LogP contribution in [0.2, 0.25) is 0 Å². The Hall–Kier alpha value is -4.66. The summed E-state index contributed by atoms with van der Waals surface area (Å²) < 4.78 is 0. The summed E-state index contributed by atoms with van der Waals surface area (Å²) in [6, 6.07) is 21.3. The minimum atomic E-state index is -2.12. The van der Waals surface area contributed by atoms with Crippen LogP contribution in [0.5, 0.6) is 0 Å². The van der Waals surface area contributed by atoms with Crippen LogP contribution in [-0.4, -0.2) is 28.9 Å². The second kappa shape index (κ2) is 10.3. The van der Waals surface area contributed by atoms with Gasteiger partial charge in [-0.3, -0.25) is 9.59 Å². The number of nitrogens with one attached hydrogen (secondary N) is 2. The van der Waals surface area contributed by atoms with E-state index in [2.05, 4.69) is 10.6 Å². The van der Waals surface area contributed by atoms with Gasteiger partial charge in [0.25, 0.3) is 0 Å². The van der Waals surface area contributed by atoms with E-state index in [4.69, 9.17) is 11.5 Å². The Balaban J connectivity index is 2.27. The maximum atomic E-state index is 13.5. The SMILES string of the molecule is CC(C)C(C(N)=O)(c1ccccc1)[C@@](NC(=O)Nc1cccc(C(=O)O)c1)(C(N)=O)c1ccccc1. The van der Waals surface area contributed by atoms with Crippen LogP contribution >= 0.6 is 0 Å². The molecular weight excluding hydrogens is 460 g/mol. The number of amides is 4. The molecule has 0 saturated carbocycles. The average Bonchev–Trinajstić information content (AvgIpc) is 2.84. The van der Waals surface area contributed by atoms with Crippen molar-refractivity contribution in [2.75, 3.05) is 5.32 Å². The molecule has 7 N–H and O–H groups in total. The highest BCUT2D eigenvalue weighted by atomic mass is 16.4. The summed E-state index contributed by atoms with van der Waals surface area (Å²) in [6.45, 7) is 3.43. The molecule has 3 aromatic rings. The number of primary amides is 2. The van der Waals surface area contributed by atoms with Crippen molar-refractivity contribution < 1.29 is 24.3 Å². The first kappa shape index (κ1) is 26.0. The first-order valence-electron chi connectivity index (χ1n) is 11.2. The van der Waals surface area contributed by atoms with E-state index in [9.17, 15) is 24.3 Å². The molecule has 0 aliphatic heterocycles. The standard InChI is InChI=1S/C27H28N4O5/c1-17(2)26(23(28)34,19-11-5-3-6-12-19)27(24(29)35,20-13-7-4-8-14-20)31-25(36)30-21-15-9-10-18(16-21)22(32)33/h3-17H,1-2H3,(H2,28,34)(H2,29,35)(H,32,33)(H2,30,31,36)/t26?,27-/m0/s1. The fraction of sp³-hybridized carbons (Fsp3) is 0.185. The number of benzene rings is 3. The lowest BCUT2D eigenvalue weighted by molar-refractivity contribution is -0.139. The molecule has 2 atom stereocenters. The lowest BCUT2D eigenvalue weighted by Crippen LogP contribution is -2.72. The third-order valence-corrected chi connectivity index (χ3v) is 6.32. The number of carboxylic acids is 1. The van der Waals surface area contributed by atoms with Crippen molar-refractivity contribution >= 4 is 29.5 Å². The van der Waals surface area contributed by atoms with Gasteiger partial charge in [-0.15, -0.1) is 0 Å². The molecular formula is C27H28N4O5. The quantitative estimate of drug-likeness (QED) is 0.312. The molecule has 36 heavy (non-hydrogen) atoms. The molecule has 4 amide bonds. The van der Waals surface area contributed by atoms with Gasteiger partial charge in [-0.25, -0.2) is 9.59 Å². The predicted octanol–water partition coefficient (Wildman–Crippen LogP) is 2.97. The van der Waals surface area contributed by atoms with Crippen molar-refractivity contribution in [3.63, 3.8) is 0 Å². The molecule has 9 heteroatoms. The number of urea groups is 1. The van der Waals surface area contributed by atoms with Crippen LogP contribution in [0.1, 0.15) is 35.3 Å². The number of carbonyl (C=O) groups is 4. The van der Waals surface area contributed by atoms with Crippen molar-refractivity contribution in [3.8, 4) is 0 Å². The van der Waals surface area contributed by atoms with E-state index in [1.807, 2.05) is 0 Å². The van der Waals surface area contributed by atoms with Gasteiger partial charge in [0.2, 0.25) is 11.8 Å². The number of anilines is 1. The van der Waals surface area contributed by atoms with Crippen molar-refractivity contribution in [2.45, 2.75) is 24.8 Å². The zero-order chi connectivity index (χ0) is 26.5. The Bertz CT molecular complexity index is 1280. The minimum Gasteiger partial charge on any atom is -0.478 e. The molecule has 0 spiro atoms. The number of nitrogens with two attached hydrogens (primary N) is 2. The summed E-state index contributed by atoms with van der Waals surface area (Å²) in [5, 5.41) is 14.5. The van der Waals surface area contributed by atoms with E-state index >= 15 is 0 Å². The van der Waals surface area contributed by atoms with Gasteiger partial charge in [-0.05, 0) is 35.2 Å². The molecule has 0 heterocycles. The van der Waals surface area contributed by atoms with Gasteiger partial charge >= 0.3 is 12.0 Å². The lowest BCUT2D eigenvalue weighted by atomic mass is 9.56. The summed E-state index contributed by atoms with van der Waals surface area (Å²) in [7, 11) is 0. The van der Waals surface area contributed by atoms with Gasteiger partial charge in [0.15, 0.2) is 5.54 Å². The summed E-state index contributed by atoms with van der Waals surface area (Å²) in [4.78, 5) is 51.6. The third kappa shape index (κ3) is 4.38. The number of hydrogen-bond donors (Lipinski definition) is 5. The zero-order valence-corrected chi connectivity index (χ0v) is 19.9. The molecule has 3 aromatic carbocycles. The van der Waals surface area contributed by atoms with Crippen LogP contribution in [0.15, 0.2) is 84.9 Å². The fourth-order valence-corrected chi connectivity index (χ4v) is 4.84. The molecule has 0 fully saturated rings. The fourth-order valence-electron chi connectivity index (χ4n) is 4.84.